The van der Waals surface area contributed by atoms with Crippen molar-refractivity contribution in [3.05, 3.63) is 40.1 Å². The predicted molar refractivity (Wildman–Crippen MR) is 92.5 cm³/mol. The molecule has 1 aliphatic rings. The fourth-order valence-corrected chi connectivity index (χ4v) is 3.37. The summed E-state index contributed by atoms with van der Waals surface area (Å²) in [5, 5.41) is 11.9. The molecule has 0 saturated carbocycles. The SMILES string of the molecule is Cc1cc(N2CCCN(CC(F)(F)F)CC2)c2cccc([N+](=O)[O-])c2n1. The van der Waals surface area contributed by atoms with E-state index in [9.17, 15) is 23.3 Å². The van der Waals surface area contributed by atoms with Gasteiger partial charge in [-0.2, -0.15) is 13.2 Å². The van der Waals surface area contributed by atoms with Crippen molar-refractivity contribution in [2.75, 3.05) is 37.6 Å². The van der Waals surface area contributed by atoms with E-state index in [1.807, 2.05) is 11.0 Å². The number of halogens is 3. The topological polar surface area (TPSA) is 62.5 Å². The zero-order chi connectivity index (χ0) is 18.9. The van der Waals surface area contributed by atoms with Crippen LogP contribution in [0.15, 0.2) is 24.3 Å². The van der Waals surface area contributed by atoms with Crippen LogP contribution in [0.2, 0.25) is 0 Å². The van der Waals surface area contributed by atoms with Gasteiger partial charge in [0, 0.05) is 49.0 Å². The summed E-state index contributed by atoms with van der Waals surface area (Å²) in [4.78, 5) is 18.5. The van der Waals surface area contributed by atoms with Crippen LogP contribution in [0.1, 0.15) is 12.1 Å². The standard InChI is InChI=1S/C17H19F3N4O2/c1-12-10-15(13-4-2-5-14(24(25)26)16(13)21-12)23-7-3-6-22(8-9-23)11-17(18,19)20/h2,4-5,10H,3,6-9,11H2,1H3. The second-order valence-electron chi connectivity index (χ2n) is 6.45. The Morgan fingerprint density at radius 3 is 2.69 bits per heavy atom. The Morgan fingerprint density at radius 1 is 1.23 bits per heavy atom. The highest BCUT2D eigenvalue weighted by Gasteiger charge is 2.31. The smallest absolute Gasteiger partial charge is 0.370 e. The van der Waals surface area contributed by atoms with Gasteiger partial charge in [-0.1, -0.05) is 12.1 Å². The molecule has 6 nitrogen and oxygen atoms in total. The Labute approximate surface area is 148 Å². The van der Waals surface area contributed by atoms with Gasteiger partial charge in [0.2, 0.25) is 0 Å². The third-order valence-electron chi connectivity index (χ3n) is 4.45. The number of rotatable bonds is 3. The largest absolute Gasteiger partial charge is 0.401 e. The Morgan fingerprint density at radius 2 is 2.00 bits per heavy atom. The number of nitro groups is 1. The molecule has 1 aromatic carbocycles. The first-order chi connectivity index (χ1) is 12.2. The molecule has 0 spiro atoms. The van der Waals surface area contributed by atoms with Crippen LogP contribution in [0, 0.1) is 17.0 Å². The molecule has 1 aliphatic heterocycles. The lowest BCUT2D eigenvalue weighted by molar-refractivity contribution is -0.383. The van der Waals surface area contributed by atoms with E-state index < -0.39 is 17.6 Å². The lowest BCUT2D eigenvalue weighted by atomic mass is 10.1. The Bertz CT molecular complexity index is 825. The van der Waals surface area contributed by atoms with Crippen LogP contribution in [0.3, 0.4) is 0 Å². The summed E-state index contributed by atoms with van der Waals surface area (Å²) in [5.74, 6) is 0. The van der Waals surface area contributed by atoms with Crippen molar-refractivity contribution in [1.29, 1.82) is 0 Å². The lowest BCUT2D eigenvalue weighted by Crippen LogP contribution is -2.37. The van der Waals surface area contributed by atoms with E-state index in [1.54, 1.807) is 19.1 Å². The molecule has 1 fully saturated rings. The summed E-state index contributed by atoms with van der Waals surface area (Å²) in [6, 6.07) is 6.62. The lowest BCUT2D eigenvalue weighted by Gasteiger charge is -2.25. The Kier molecular flexibility index (Phi) is 4.99. The summed E-state index contributed by atoms with van der Waals surface area (Å²) < 4.78 is 37.9. The third kappa shape index (κ3) is 4.04. The second kappa shape index (κ2) is 7.06. The molecule has 0 atom stereocenters. The van der Waals surface area contributed by atoms with Crippen molar-refractivity contribution >= 4 is 22.3 Å². The summed E-state index contributed by atoms with van der Waals surface area (Å²) in [7, 11) is 0. The van der Waals surface area contributed by atoms with Gasteiger partial charge in [-0.05, 0) is 19.4 Å². The summed E-state index contributed by atoms with van der Waals surface area (Å²) >= 11 is 0. The van der Waals surface area contributed by atoms with Crippen molar-refractivity contribution in [2.24, 2.45) is 0 Å². The van der Waals surface area contributed by atoms with Crippen LogP contribution in [0.5, 0.6) is 0 Å². The minimum Gasteiger partial charge on any atom is -0.370 e. The average molecular weight is 368 g/mol. The van der Waals surface area contributed by atoms with Crippen molar-refractivity contribution in [2.45, 2.75) is 19.5 Å². The zero-order valence-corrected chi connectivity index (χ0v) is 14.3. The van der Waals surface area contributed by atoms with Gasteiger partial charge in [0.25, 0.3) is 5.69 Å². The van der Waals surface area contributed by atoms with E-state index in [1.165, 1.54) is 11.0 Å². The summed E-state index contributed by atoms with van der Waals surface area (Å²) in [5.41, 5.74) is 1.66. The number of hydrogen-bond donors (Lipinski definition) is 0. The number of benzene rings is 1. The van der Waals surface area contributed by atoms with Crippen LogP contribution in [0.4, 0.5) is 24.5 Å². The van der Waals surface area contributed by atoms with E-state index in [4.69, 9.17) is 0 Å². The van der Waals surface area contributed by atoms with E-state index in [2.05, 4.69) is 4.98 Å². The Hall–Kier alpha value is -2.42. The van der Waals surface area contributed by atoms with Gasteiger partial charge in [-0.3, -0.25) is 15.0 Å². The van der Waals surface area contributed by atoms with Crippen LogP contribution in [-0.2, 0) is 0 Å². The fraction of sp³-hybridized carbons (Fsp3) is 0.471. The summed E-state index contributed by atoms with van der Waals surface area (Å²) in [6.45, 7) is 2.53. The maximum absolute atomic E-state index is 12.6. The predicted octanol–water partition coefficient (Wildman–Crippen LogP) is 3.53. The number of nitrogens with zero attached hydrogens (tertiary/aromatic N) is 4. The number of alkyl halides is 3. The molecule has 0 unspecified atom stereocenters. The van der Waals surface area contributed by atoms with Gasteiger partial charge in [-0.25, -0.2) is 4.98 Å². The Balaban J connectivity index is 1.93. The maximum atomic E-state index is 12.6. The molecule has 0 bridgehead atoms. The number of pyridine rings is 1. The van der Waals surface area contributed by atoms with E-state index in [-0.39, 0.29) is 12.2 Å². The van der Waals surface area contributed by atoms with Gasteiger partial charge in [0.1, 0.15) is 0 Å². The highest BCUT2D eigenvalue weighted by molar-refractivity contribution is 5.97. The molecule has 0 radical (unpaired) electrons. The minimum atomic E-state index is -4.21. The average Bonchev–Trinajstić information content (AvgIpc) is 2.77. The molecule has 2 heterocycles. The molecule has 140 valence electrons. The molecule has 9 heteroatoms. The quantitative estimate of drug-likeness (QED) is 0.613. The number of aryl methyl sites for hydroxylation is 1. The second-order valence-corrected chi connectivity index (χ2v) is 6.45. The maximum Gasteiger partial charge on any atom is 0.401 e. The minimum absolute atomic E-state index is 0.0685. The number of nitro benzene ring substituents is 1. The first kappa shape index (κ1) is 18.4. The molecule has 0 N–H and O–H groups in total. The number of fused-ring (bicyclic) bond motifs is 1. The highest BCUT2D eigenvalue weighted by atomic mass is 19.4. The van der Waals surface area contributed by atoms with Crippen molar-refractivity contribution in [3.63, 3.8) is 0 Å². The number of non-ortho nitro benzene ring substituents is 1. The molecular formula is C17H19F3N4O2. The van der Waals surface area contributed by atoms with E-state index in [0.29, 0.717) is 42.7 Å². The van der Waals surface area contributed by atoms with E-state index >= 15 is 0 Å². The molecule has 1 saturated heterocycles. The molecular weight excluding hydrogens is 349 g/mol. The molecule has 2 aromatic rings. The van der Waals surface area contributed by atoms with Crippen molar-refractivity contribution < 1.29 is 18.1 Å². The molecule has 1 aromatic heterocycles. The first-order valence-electron chi connectivity index (χ1n) is 8.33. The number of aromatic nitrogens is 1. The van der Waals surface area contributed by atoms with Crippen molar-refractivity contribution in [3.8, 4) is 0 Å². The van der Waals surface area contributed by atoms with Crippen LogP contribution in [-0.4, -0.2) is 53.7 Å². The molecule has 3 rings (SSSR count). The fourth-order valence-electron chi connectivity index (χ4n) is 3.37. The number of para-hydroxylation sites is 1. The summed E-state index contributed by atoms with van der Waals surface area (Å²) in [6.07, 6.45) is -3.62. The molecule has 0 amide bonds. The van der Waals surface area contributed by atoms with Crippen LogP contribution < -0.4 is 4.90 Å². The van der Waals surface area contributed by atoms with E-state index in [0.717, 1.165) is 5.69 Å². The van der Waals surface area contributed by atoms with Gasteiger partial charge >= 0.3 is 6.18 Å². The monoisotopic (exact) mass is 368 g/mol. The zero-order valence-electron chi connectivity index (χ0n) is 14.3. The first-order valence-corrected chi connectivity index (χ1v) is 8.33. The van der Waals surface area contributed by atoms with Gasteiger partial charge < -0.3 is 4.90 Å². The number of hydrogen-bond acceptors (Lipinski definition) is 5. The highest BCUT2D eigenvalue weighted by Crippen LogP contribution is 2.32. The third-order valence-corrected chi connectivity index (χ3v) is 4.45. The van der Waals surface area contributed by atoms with Crippen LogP contribution >= 0.6 is 0 Å². The normalized spacial score (nSPS) is 16.7. The van der Waals surface area contributed by atoms with Gasteiger partial charge in [-0.15, -0.1) is 0 Å². The van der Waals surface area contributed by atoms with Crippen molar-refractivity contribution in [1.82, 2.24) is 9.88 Å². The van der Waals surface area contributed by atoms with Crippen LogP contribution in [0.25, 0.3) is 10.9 Å². The molecule has 26 heavy (non-hydrogen) atoms. The van der Waals surface area contributed by atoms with Gasteiger partial charge in [0.05, 0.1) is 11.5 Å². The van der Waals surface area contributed by atoms with Gasteiger partial charge in [0.15, 0.2) is 5.52 Å². The number of anilines is 1. The molecule has 0 aliphatic carbocycles.